The van der Waals surface area contributed by atoms with E-state index in [1.807, 2.05) is 12.1 Å². The van der Waals surface area contributed by atoms with E-state index in [9.17, 15) is 4.79 Å². The molecule has 0 saturated carbocycles. The molecule has 1 aromatic heterocycles. The van der Waals surface area contributed by atoms with Gasteiger partial charge in [0.05, 0.1) is 11.0 Å². The number of para-hydroxylation sites is 1. The van der Waals surface area contributed by atoms with Crippen LogP contribution >= 0.6 is 0 Å². The molecule has 2 N–H and O–H groups in total. The molecule has 0 unspecified atom stereocenters. The van der Waals surface area contributed by atoms with E-state index in [-0.39, 0.29) is 5.69 Å². The zero-order valence-corrected chi connectivity index (χ0v) is 11.4. The predicted molar refractivity (Wildman–Crippen MR) is 77.6 cm³/mol. The summed E-state index contributed by atoms with van der Waals surface area (Å²) in [5.41, 5.74) is 3.10. The molecular formula is C15H21N3O. The van der Waals surface area contributed by atoms with Crippen LogP contribution < -0.4 is 5.69 Å². The number of imidazole rings is 1. The van der Waals surface area contributed by atoms with Crippen molar-refractivity contribution in [2.24, 2.45) is 0 Å². The Balaban J connectivity index is 1.92. The van der Waals surface area contributed by atoms with E-state index >= 15 is 0 Å². The van der Waals surface area contributed by atoms with E-state index in [0.29, 0.717) is 5.92 Å². The summed E-state index contributed by atoms with van der Waals surface area (Å²) >= 11 is 0. The van der Waals surface area contributed by atoms with Crippen LogP contribution in [0.3, 0.4) is 0 Å². The summed E-state index contributed by atoms with van der Waals surface area (Å²) in [6.07, 6.45) is 3.67. The zero-order valence-electron chi connectivity index (χ0n) is 11.4. The summed E-state index contributed by atoms with van der Waals surface area (Å²) in [6, 6.07) is 6.16. The summed E-state index contributed by atoms with van der Waals surface area (Å²) in [5.74, 6) is 0.537. The molecule has 4 nitrogen and oxygen atoms in total. The van der Waals surface area contributed by atoms with Crippen molar-refractivity contribution < 1.29 is 0 Å². The molecule has 1 aliphatic rings. The Morgan fingerprint density at radius 2 is 2.26 bits per heavy atom. The molecule has 0 amide bonds. The minimum Gasteiger partial charge on any atom is -0.306 e. The maximum absolute atomic E-state index is 11.5. The summed E-state index contributed by atoms with van der Waals surface area (Å²) in [7, 11) is 0. The SMILES string of the molecule is CCCN1CCC[C@H](c2cccc3[nH]c(=O)[nH]c23)C1. The largest absolute Gasteiger partial charge is 0.323 e. The third-order valence-electron chi connectivity index (χ3n) is 4.07. The lowest BCUT2D eigenvalue weighted by Gasteiger charge is -2.32. The number of H-pyrrole nitrogens is 2. The topological polar surface area (TPSA) is 51.9 Å². The van der Waals surface area contributed by atoms with Crippen molar-refractivity contribution in [1.29, 1.82) is 0 Å². The van der Waals surface area contributed by atoms with Gasteiger partial charge in [0, 0.05) is 6.54 Å². The lowest BCUT2D eigenvalue weighted by Crippen LogP contribution is -2.34. The van der Waals surface area contributed by atoms with E-state index in [1.165, 1.54) is 37.9 Å². The maximum Gasteiger partial charge on any atom is 0.323 e. The molecule has 0 bridgehead atoms. The molecule has 1 aromatic carbocycles. The second-order valence-electron chi connectivity index (χ2n) is 5.49. The first kappa shape index (κ1) is 12.5. The molecule has 1 fully saturated rings. The van der Waals surface area contributed by atoms with Gasteiger partial charge in [-0.3, -0.25) is 0 Å². The van der Waals surface area contributed by atoms with Gasteiger partial charge in [-0.15, -0.1) is 0 Å². The van der Waals surface area contributed by atoms with Crippen molar-refractivity contribution in [1.82, 2.24) is 14.9 Å². The van der Waals surface area contributed by atoms with Crippen LogP contribution in [0.4, 0.5) is 0 Å². The Bertz CT molecular complexity index is 611. The molecular weight excluding hydrogens is 238 g/mol. The highest BCUT2D eigenvalue weighted by Crippen LogP contribution is 2.30. The second kappa shape index (κ2) is 5.21. The molecule has 2 heterocycles. The third kappa shape index (κ3) is 2.45. The van der Waals surface area contributed by atoms with Gasteiger partial charge in [-0.2, -0.15) is 0 Å². The van der Waals surface area contributed by atoms with E-state index in [4.69, 9.17) is 0 Å². The van der Waals surface area contributed by atoms with Gasteiger partial charge in [0.25, 0.3) is 0 Å². The van der Waals surface area contributed by atoms with Crippen molar-refractivity contribution in [2.75, 3.05) is 19.6 Å². The lowest BCUT2D eigenvalue weighted by molar-refractivity contribution is 0.209. The van der Waals surface area contributed by atoms with Gasteiger partial charge >= 0.3 is 5.69 Å². The molecule has 102 valence electrons. The number of hydrogen-bond donors (Lipinski definition) is 2. The Hall–Kier alpha value is -1.55. The first-order valence-corrected chi connectivity index (χ1v) is 7.21. The number of piperidine rings is 1. The molecule has 0 spiro atoms. The summed E-state index contributed by atoms with van der Waals surface area (Å²) in [4.78, 5) is 19.8. The number of fused-ring (bicyclic) bond motifs is 1. The van der Waals surface area contributed by atoms with Crippen molar-refractivity contribution in [2.45, 2.75) is 32.1 Å². The number of aromatic amines is 2. The van der Waals surface area contributed by atoms with Gasteiger partial charge in [-0.05, 0) is 49.9 Å². The molecule has 1 saturated heterocycles. The molecule has 19 heavy (non-hydrogen) atoms. The minimum atomic E-state index is -0.108. The Labute approximate surface area is 112 Å². The van der Waals surface area contributed by atoms with Crippen LogP contribution in [-0.4, -0.2) is 34.5 Å². The third-order valence-corrected chi connectivity index (χ3v) is 4.07. The number of benzene rings is 1. The number of nitrogens with one attached hydrogen (secondary N) is 2. The van der Waals surface area contributed by atoms with Crippen LogP contribution in [0, 0.1) is 0 Å². The number of likely N-dealkylation sites (tertiary alicyclic amines) is 1. The molecule has 4 heteroatoms. The van der Waals surface area contributed by atoms with Gasteiger partial charge in [0.2, 0.25) is 0 Å². The highest BCUT2D eigenvalue weighted by molar-refractivity contribution is 5.78. The van der Waals surface area contributed by atoms with Crippen LogP contribution in [-0.2, 0) is 0 Å². The van der Waals surface area contributed by atoms with Crippen LogP contribution in [0.15, 0.2) is 23.0 Å². The van der Waals surface area contributed by atoms with Crippen LogP contribution in [0.5, 0.6) is 0 Å². The quantitative estimate of drug-likeness (QED) is 0.889. The molecule has 0 aliphatic carbocycles. The van der Waals surface area contributed by atoms with Gasteiger partial charge in [0.1, 0.15) is 0 Å². The van der Waals surface area contributed by atoms with E-state index in [0.717, 1.165) is 17.6 Å². The predicted octanol–water partition coefficient (Wildman–Crippen LogP) is 2.45. The molecule has 1 atom stereocenters. The van der Waals surface area contributed by atoms with Crippen molar-refractivity contribution in [3.8, 4) is 0 Å². The Kier molecular flexibility index (Phi) is 3.42. The molecule has 3 rings (SSSR count). The summed E-state index contributed by atoms with van der Waals surface area (Å²) in [5, 5.41) is 0. The summed E-state index contributed by atoms with van der Waals surface area (Å²) < 4.78 is 0. The average Bonchev–Trinajstić information content (AvgIpc) is 2.79. The zero-order chi connectivity index (χ0) is 13.2. The fourth-order valence-corrected chi connectivity index (χ4v) is 3.25. The van der Waals surface area contributed by atoms with Crippen molar-refractivity contribution >= 4 is 11.0 Å². The van der Waals surface area contributed by atoms with Crippen molar-refractivity contribution in [3.05, 3.63) is 34.2 Å². The monoisotopic (exact) mass is 259 g/mol. The van der Waals surface area contributed by atoms with E-state index < -0.39 is 0 Å². The number of aromatic nitrogens is 2. The summed E-state index contributed by atoms with van der Waals surface area (Å²) in [6.45, 7) is 5.73. The number of rotatable bonds is 3. The maximum atomic E-state index is 11.5. The standard InChI is InChI=1S/C15H21N3O/c1-2-8-18-9-4-5-11(10-18)12-6-3-7-13-14(12)17-15(19)16-13/h3,6-7,11H,2,4-5,8-10H2,1H3,(H2,16,17,19)/t11-/m0/s1. The van der Waals surface area contributed by atoms with Gasteiger partial charge in [0.15, 0.2) is 0 Å². The Morgan fingerprint density at radius 1 is 1.37 bits per heavy atom. The fraction of sp³-hybridized carbons (Fsp3) is 0.533. The Morgan fingerprint density at radius 3 is 3.11 bits per heavy atom. The van der Waals surface area contributed by atoms with Crippen LogP contribution in [0.1, 0.15) is 37.7 Å². The fourth-order valence-electron chi connectivity index (χ4n) is 3.25. The van der Waals surface area contributed by atoms with Crippen LogP contribution in [0.2, 0.25) is 0 Å². The molecule has 1 aliphatic heterocycles. The highest BCUT2D eigenvalue weighted by atomic mass is 16.1. The van der Waals surface area contributed by atoms with Gasteiger partial charge in [-0.1, -0.05) is 19.1 Å². The second-order valence-corrected chi connectivity index (χ2v) is 5.49. The van der Waals surface area contributed by atoms with Crippen LogP contribution in [0.25, 0.3) is 11.0 Å². The normalized spacial score (nSPS) is 21.0. The first-order valence-electron chi connectivity index (χ1n) is 7.21. The number of hydrogen-bond acceptors (Lipinski definition) is 2. The van der Waals surface area contributed by atoms with Crippen molar-refractivity contribution in [3.63, 3.8) is 0 Å². The average molecular weight is 259 g/mol. The highest BCUT2D eigenvalue weighted by Gasteiger charge is 2.22. The first-order chi connectivity index (χ1) is 9.28. The number of nitrogens with zero attached hydrogens (tertiary/aromatic N) is 1. The van der Waals surface area contributed by atoms with E-state index in [1.54, 1.807) is 0 Å². The van der Waals surface area contributed by atoms with Gasteiger partial charge in [-0.25, -0.2) is 4.79 Å². The molecule has 0 radical (unpaired) electrons. The van der Waals surface area contributed by atoms with Gasteiger partial charge < -0.3 is 14.9 Å². The molecule has 2 aromatic rings. The smallest absolute Gasteiger partial charge is 0.306 e. The minimum absolute atomic E-state index is 0.108. The van der Waals surface area contributed by atoms with E-state index in [2.05, 4.69) is 27.9 Å². The lowest BCUT2D eigenvalue weighted by atomic mass is 9.89.